The summed E-state index contributed by atoms with van der Waals surface area (Å²) in [4.78, 5) is 12.5. The lowest BCUT2D eigenvalue weighted by Crippen LogP contribution is -2.41. The van der Waals surface area contributed by atoms with Gasteiger partial charge in [0.15, 0.2) is 11.5 Å². The zero-order chi connectivity index (χ0) is 19.6. The number of carbonyl (C=O) groups is 1. The standard InChI is InChI=1S/C19H22N2O5S/c1-13-4-6-15(7-5-13)14(2)20-19(22)11-21(27(3,23)24)16-8-9-17-18(10-16)26-12-25-17/h4-10,14H,11-12H2,1-3H3,(H,20,22). The highest BCUT2D eigenvalue weighted by Gasteiger charge is 2.24. The van der Waals surface area contributed by atoms with Gasteiger partial charge in [0.2, 0.25) is 22.7 Å². The predicted octanol–water partition coefficient (Wildman–Crippen LogP) is 2.37. The highest BCUT2D eigenvalue weighted by Crippen LogP contribution is 2.36. The van der Waals surface area contributed by atoms with Crippen LogP contribution in [-0.2, 0) is 14.8 Å². The summed E-state index contributed by atoms with van der Waals surface area (Å²) >= 11 is 0. The van der Waals surface area contributed by atoms with E-state index < -0.39 is 15.9 Å². The van der Waals surface area contributed by atoms with Crippen LogP contribution in [0.15, 0.2) is 42.5 Å². The summed E-state index contributed by atoms with van der Waals surface area (Å²) in [5.41, 5.74) is 2.42. The Morgan fingerprint density at radius 3 is 2.48 bits per heavy atom. The van der Waals surface area contributed by atoms with Gasteiger partial charge in [-0.1, -0.05) is 29.8 Å². The largest absolute Gasteiger partial charge is 0.454 e. The van der Waals surface area contributed by atoms with E-state index >= 15 is 0 Å². The maximum Gasteiger partial charge on any atom is 0.241 e. The molecule has 7 nitrogen and oxygen atoms in total. The van der Waals surface area contributed by atoms with Crippen LogP contribution >= 0.6 is 0 Å². The second kappa shape index (κ2) is 7.48. The number of anilines is 1. The molecule has 0 saturated heterocycles. The lowest BCUT2D eigenvalue weighted by molar-refractivity contribution is -0.120. The predicted molar refractivity (Wildman–Crippen MR) is 102 cm³/mol. The fourth-order valence-corrected chi connectivity index (χ4v) is 3.64. The molecular formula is C19H22N2O5S. The molecule has 0 radical (unpaired) electrons. The van der Waals surface area contributed by atoms with Gasteiger partial charge in [0, 0.05) is 6.07 Å². The molecular weight excluding hydrogens is 368 g/mol. The third-order valence-electron chi connectivity index (χ3n) is 4.29. The first-order valence-corrected chi connectivity index (χ1v) is 10.3. The Morgan fingerprint density at radius 2 is 1.81 bits per heavy atom. The molecule has 2 aromatic rings. The monoisotopic (exact) mass is 390 g/mol. The minimum atomic E-state index is -3.66. The Labute approximate surface area is 158 Å². The fourth-order valence-electron chi connectivity index (χ4n) is 2.80. The lowest BCUT2D eigenvalue weighted by atomic mass is 10.1. The van der Waals surface area contributed by atoms with Gasteiger partial charge in [-0.25, -0.2) is 8.42 Å². The molecule has 0 aromatic heterocycles. The van der Waals surface area contributed by atoms with Crippen LogP contribution in [0.1, 0.15) is 24.1 Å². The molecule has 0 saturated carbocycles. The highest BCUT2D eigenvalue weighted by atomic mass is 32.2. The van der Waals surface area contributed by atoms with E-state index in [2.05, 4.69) is 5.32 Å². The summed E-state index contributed by atoms with van der Waals surface area (Å²) in [6, 6.07) is 12.3. The second-order valence-electron chi connectivity index (χ2n) is 6.51. The van der Waals surface area contributed by atoms with Crippen LogP contribution in [0.2, 0.25) is 0 Å². The van der Waals surface area contributed by atoms with Gasteiger partial charge in [-0.3, -0.25) is 9.10 Å². The van der Waals surface area contributed by atoms with Crippen LogP contribution in [0.5, 0.6) is 11.5 Å². The van der Waals surface area contributed by atoms with Gasteiger partial charge in [-0.2, -0.15) is 0 Å². The van der Waals surface area contributed by atoms with Crippen LogP contribution in [0, 0.1) is 6.92 Å². The summed E-state index contributed by atoms with van der Waals surface area (Å²) in [6.45, 7) is 3.61. The average Bonchev–Trinajstić information content (AvgIpc) is 3.06. The number of benzene rings is 2. The van der Waals surface area contributed by atoms with Crippen LogP contribution in [0.4, 0.5) is 5.69 Å². The molecule has 1 atom stereocenters. The van der Waals surface area contributed by atoms with Crippen molar-refractivity contribution in [3.05, 3.63) is 53.6 Å². The summed E-state index contributed by atoms with van der Waals surface area (Å²) in [6.07, 6.45) is 1.06. The molecule has 0 fully saturated rings. The first-order valence-electron chi connectivity index (χ1n) is 8.47. The summed E-state index contributed by atoms with van der Waals surface area (Å²) in [5, 5.41) is 2.84. The summed E-state index contributed by atoms with van der Waals surface area (Å²) < 4.78 is 36.1. The molecule has 0 spiro atoms. The van der Waals surface area contributed by atoms with E-state index in [-0.39, 0.29) is 19.4 Å². The van der Waals surface area contributed by atoms with E-state index in [9.17, 15) is 13.2 Å². The van der Waals surface area contributed by atoms with Crippen LogP contribution in [0.25, 0.3) is 0 Å². The van der Waals surface area contributed by atoms with Crippen molar-refractivity contribution in [1.82, 2.24) is 5.32 Å². The van der Waals surface area contributed by atoms with Gasteiger partial charge in [0.1, 0.15) is 6.54 Å². The fraction of sp³-hybridized carbons (Fsp3) is 0.316. The van der Waals surface area contributed by atoms with Gasteiger partial charge in [0.25, 0.3) is 0 Å². The van der Waals surface area contributed by atoms with Crippen LogP contribution in [0.3, 0.4) is 0 Å². The molecule has 0 bridgehead atoms. The third-order valence-corrected chi connectivity index (χ3v) is 5.43. The van der Waals surface area contributed by atoms with Crippen molar-refractivity contribution >= 4 is 21.6 Å². The minimum absolute atomic E-state index is 0.0895. The SMILES string of the molecule is Cc1ccc(C(C)NC(=O)CN(c2ccc3c(c2)OCO3)S(C)(=O)=O)cc1. The number of carbonyl (C=O) groups excluding carboxylic acids is 1. The number of hydrogen-bond donors (Lipinski definition) is 1. The maximum absolute atomic E-state index is 12.5. The van der Waals surface area contributed by atoms with Crippen molar-refractivity contribution in [3.63, 3.8) is 0 Å². The van der Waals surface area contributed by atoms with Crippen molar-refractivity contribution < 1.29 is 22.7 Å². The molecule has 27 heavy (non-hydrogen) atoms. The number of fused-ring (bicyclic) bond motifs is 1. The number of aryl methyl sites for hydroxylation is 1. The molecule has 8 heteroatoms. The van der Waals surface area contributed by atoms with Gasteiger partial charge in [-0.05, 0) is 31.5 Å². The van der Waals surface area contributed by atoms with E-state index in [1.807, 2.05) is 38.1 Å². The van der Waals surface area contributed by atoms with Crippen LogP contribution < -0.4 is 19.1 Å². The molecule has 0 aliphatic carbocycles. The van der Waals surface area contributed by atoms with Crippen molar-refractivity contribution in [2.45, 2.75) is 19.9 Å². The molecule has 1 heterocycles. The highest BCUT2D eigenvalue weighted by molar-refractivity contribution is 7.92. The molecule has 1 aliphatic rings. The topological polar surface area (TPSA) is 84.9 Å². The Kier molecular flexibility index (Phi) is 5.27. The molecule has 1 N–H and O–H groups in total. The van der Waals surface area contributed by atoms with Crippen molar-refractivity contribution in [3.8, 4) is 11.5 Å². The number of ether oxygens (including phenoxy) is 2. The Morgan fingerprint density at radius 1 is 1.15 bits per heavy atom. The van der Waals surface area contributed by atoms with Crippen molar-refractivity contribution in [1.29, 1.82) is 0 Å². The first-order chi connectivity index (χ1) is 12.7. The van der Waals surface area contributed by atoms with E-state index in [1.165, 1.54) is 0 Å². The normalized spacial score (nSPS) is 13.9. The molecule has 144 valence electrons. The van der Waals surface area contributed by atoms with E-state index in [0.29, 0.717) is 17.2 Å². The molecule has 2 aromatic carbocycles. The quantitative estimate of drug-likeness (QED) is 0.819. The Bertz CT molecular complexity index is 941. The number of hydrogen-bond acceptors (Lipinski definition) is 5. The summed E-state index contributed by atoms with van der Waals surface area (Å²) in [7, 11) is -3.66. The number of sulfonamides is 1. The van der Waals surface area contributed by atoms with Crippen LogP contribution in [-0.4, -0.2) is 33.9 Å². The molecule has 3 rings (SSSR count). The minimum Gasteiger partial charge on any atom is -0.454 e. The number of nitrogens with zero attached hydrogens (tertiary/aromatic N) is 1. The lowest BCUT2D eigenvalue weighted by Gasteiger charge is -2.23. The summed E-state index contributed by atoms with van der Waals surface area (Å²) in [5.74, 6) is 0.602. The average molecular weight is 390 g/mol. The molecule has 1 unspecified atom stereocenters. The Hall–Kier alpha value is -2.74. The zero-order valence-corrected chi connectivity index (χ0v) is 16.2. The molecule has 1 amide bonds. The van der Waals surface area contributed by atoms with Gasteiger partial charge in [0.05, 0.1) is 18.0 Å². The van der Waals surface area contributed by atoms with Crippen molar-refractivity contribution in [2.75, 3.05) is 23.9 Å². The Balaban J connectivity index is 1.75. The maximum atomic E-state index is 12.5. The van der Waals surface area contributed by atoms with E-state index in [0.717, 1.165) is 21.7 Å². The van der Waals surface area contributed by atoms with Crippen molar-refractivity contribution in [2.24, 2.45) is 0 Å². The number of rotatable bonds is 6. The zero-order valence-electron chi connectivity index (χ0n) is 15.4. The van der Waals surface area contributed by atoms with Gasteiger partial charge >= 0.3 is 0 Å². The third kappa shape index (κ3) is 4.51. The molecule has 1 aliphatic heterocycles. The van der Waals surface area contributed by atoms with Gasteiger partial charge in [-0.15, -0.1) is 0 Å². The number of amides is 1. The second-order valence-corrected chi connectivity index (χ2v) is 8.41. The van der Waals surface area contributed by atoms with E-state index in [4.69, 9.17) is 9.47 Å². The first kappa shape index (κ1) is 19.0. The van der Waals surface area contributed by atoms with E-state index in [1.54, 1.807) is 18.2 Å². The van der Waals surface area contributed by atoms with Gasteiger partial charge < -0.3 is 14.8 Å². The number of nitrogens with one attached hydrogen (secondary N) is 1. The smallest absolute Gasteiger partial charge is 0.241 e.